The normalized spacial score (nSPS) is 23.2. The lowest BCUT2D eigenvalue weighted by atomic mass is 9.78. The van der Waals surface area contributed by atoms with Crippen LogP contribution in [0.1, 0.15) is 82.7 Å². The van der Waals surface area contributed by atoms with Gasteiger partial charge in [-0.05, 0) is 77.0 Å². The Labute approximate surface area is 264 Å². The summed E-state index contributed by atoms with van der Waals surface area (Å²) < 4.78 is 31.3. The van der Waals surface area contributed by atoms with E-state index in [0.29, 0.717) is 36.4 Å². The first-order valence-electron chi connectivity index (χ1n) is 15.1. The van der Waals surface area contributed by atoms with E-state index >= 15 is 0 Å². The van der Waals surface area contributed by atoms with Crippen molar-refractivity contribution in [2.24, 2.45) is 16.3 Å². The number of halogens is 1. The first-order valence-corrected chi connectivity index (χ1v) is 15.1. The third-order valence-corrected chi connectivity index (χ3v) is 8.30. The molecule has 1 saturated heterocycles. The average molecular weight is 623 g/mol. The van der Waals surface area contributed by atoms with Gasteiger partial charge in [-0.1, -0.05) is 25.8 Å². The van der Waals surface area contributed by atoms with Crippen molar-refractivity contribution < 1.29 is 33.3 Å². The number of nitrogen functional groups attached to an aromatic ring is 1. The molecule has 242 valence electrons. The lowest BCUT2D eigenvalue weighted by molar-refractivity contribution is -0.155. The van der Waals surface area contributed by atoms with E-state index in [9.17, 15) is 19.1 Å². The van der Waals surface area contributed by atoms with E-state index in [0.717, 1.165) is 16.7 Å². The van der Waals surface area contributed by atoms with Crippen LogP contribution in [0.2, 0.25) is 0 Å². The van der Waals surface area contributed by atoms with E-state index in [1.807, 2.05) is 33.8 Å². The molecule has 11 heteroatoms. The highest BCUT2D eigenvalue weighted by Crippen LogP contribution is 2.40. The van der Waals surface area contributed by atoms with Crippen molar-refractivity contribution in [2.45, 2.75) is 104 Å². The van der Waals surface area contributed by atoms with Gasteiger partial charge in [0.2, 0.25) is 0 Å². The van der Waals surface area contributed by atoms with Gasteiger partial charge in [-0.15, -0.1) is 6.42 Å². The van der Waals surface area contributed by atoms with Crippen LogP contribution < -0.4 is 10.5 Å². The zero-order valence-corrected chi connectivity index (χ0v) is 27.1. The molecule has 1 fully saturated rings. The van der Waals surface area contributed by atoms with Crippen LogP contribution in [0.15, 0.2) is 17.1 Å². The number of carbonyl (C=O) groups is 2. The molecule has 0 spiro atoms. The molecule has 0 saturated carbocycles. The van der Waals surface area contributed by atoms with Crippen molar-refractivity contribution in [3.8, 4) is 18.1 Å². The van der Waals surface area contributed by atoms with Gasteiger partial charge in [0.15, 0.2) is 11.4 Å². The zero-order valence-electron chi connectivity index (χ0n) is 27.1. The summed E-state index contributed by atoms with van der Waals surface area (Å²) in [6.45, 7) is 12.6. The number of rotatable bonds is 8. The predicted molar refractivity (Wildman–Crippen MR) is 168 cm³/mol. The van der Waals surface area contributed by atoms with Crippen LogP contribution in [0, 0.1) is 43.6 Å². The Bertz CT molecular complexity index is 1540. The van der Waals surface area contributed by atoms with Gasteiger partial charge in [0, 0.05) is 23.6 Å². The molecule has 4 rings (SSSR count). The summed E-state index contributed by atoms with van der Waals surface area (Å²) in [7, 11) is 0. The van der Waals surface area contributed by atoms with Crippen LogP contribution in [0.5, 0.6) is 5.75 Å². The third kappa shape index (κ3) is 7.68. The number of aliphatic hydroxyl groups is 1. The number of aromatic nitrogens is 2. The second-order valence-electron chi connectivity index (χ2n) is 13.8. The number of aliphatic hydroxyl groups excluding tert-OH is 1. The van der Waals surface area contributed by atoms with Crippen molar-refractivity contribution in [1.29, 1.82) is 0 Å². The summed E-state index contributed by atoms with van der Waals surface area (Å²) in [6.07, 6.45) is 6.92. The molecule has 4 atom stereocenters. The summed E-state index contributed by atoms with van der Waals surface area (Å²) in [5, 5.41) is 11.0. The maximum atomic E-state index is 13.6. The van der Waals surface area contributed by atoms with E-state index in [4.69, 9.17) is 26.4 Å². The Kier molecular flexibility index (Phi) is 9.71. The number of terminal acetylenes is 1. The highest BCUT2D eigenvalue weighted by molar-refractivity contribution is 5.79. The average Bonchev–Trinajstić information content (AvgIpc) is 3.08. The number of hydrogen-bond donors (Lipinski definition) is 2. The van der Waals surface area contributed by atoms with E-state index in [1.165, 1.54) is 0 Å². The molecule has 0 amide bonds. The predicted octanol–water partition coefficient (Wildman–Crippen LogP) is 4.85. The molecule has 3 N–H and O–H groups in total. The van der Waals surface area contributed by atoms with Gasteiger partial charge in [-0.25, -0.2) is 4.98 Å². The lowest BCUT2D eigenvalue weighted by Gasteiger charge is -2.31. The molecule has 10 nitrogen and oxygen atoms in total. The molecule has 3 heterocycles. The van der Waals surface area contributed by atoms with Gasteiger partial charge in [0.1, 0.15) is 24.1 Å². The molecule has 0 bridgehead atoms. The fourth-order valence-electron chi connectivity index (χ4n) is 6.02. The number of nitrogens with two attached hydrogens (primary N) is 1. The molecule has 1 aromatic carbocycles. The number of nitrogens with zero attached hydrogens (tertiary/aromatic N) is 3. The summed E-state index contributed by atoms with van der Waals surface area (Å²) >= 11 is 0. The van der Waals surface area contributed by atoms with Crippen LogP contribution in [0.4, 0.5) is 15.9 Å². The van der Waals surface area contributed by atoms with E-state index in [-0.39, 0.29) is 37.2 Å². The Hall–Kier alpha value is -3.88. The van der Waals surface area contributed by atoms with Crippen molar-refractivity contribution in [2.75, 3.05) is 12.3 Å². The van der Waals surface area contributed by atoms with Crippen LogP contribution >= 0.6 is 0 Å². The van der Waals surface area contributed by atoms with Crippen molar-refractivity contribution >= 4 is 29.7 Å². The summed E-state index contributed by atoms with van der Waals surface area (Å²) in [5.41, 5.74) is 6.18. The summed E-state index contributed by atoms with van der Waals surface area (Å²) in [4.78, 5) is 37.7. The second-order valence-corrected chi connectivity index (χ2v) is 13.8. The van der Waals surface area contributed by atoms with Crippen molar-refractivity contribution in [1.82, 2.24) is 9.97 Å². The van der Waals surface area contributed by atoms with Gasteiger partial charge >= 0.3 is 18.0 Å². The molecule has 1 aromatic heterocycles. The highest BCUT2D eigenvalue weighted by Gasteiger charge is 2.48. The van der Waals surface area contributed by atoms with Gasteiger partial charge in [0.05, 0.1) is 23.6 Å². The third-order valence-electron chi connectivity index (χ3n) is 8.30. The fourth-order valence-corrected chi connectivity index (χ4v) is 6.02. The number of ether oxygens (including phenoxy) is 3. The quantitative estimate of drug-likeness (QED) is 0.182. The Morgan fingerprint density at radius 1 is 1.22 bits per heavy atom. The SMILES string of the molecule is C#C[C@]1(COC(=O)CC(C)(C)c2c(C)cc(C)cc2OC(=O)C(C)(C)C)O[C@@H](CC2C=Nc3c(N)nc(F)nc3CC2)C[C@@H]1O. The first kappa shape index (κ1) is 34.0. The smallest absolute Gasteiger partial charge is 0.316 e. The van der Waals surface area contributed by atoms with Crippen LogP contribution in [0.25, 0.3) is 0 Å². The molecule has 0 aliphatic carbocycles. The Balaban J connectivity index is 1.41. The number of esters is 2. The van der Waals surface area contributed by atoms with Crippen molar-refractivity contribution in [3.63, 3.8) is 0 Å². The summed E-state index contributed by atoms with van der Waals surface area (Å²) in [6, 6.07) is 3.78. The minimum atomic E-state index is -1.51. The molecule has 45 heavy (non-hydrogen) atoms. The molecular weight excluding hydrogens is 579 g/mol. The molecule has 0 radical (unpaired) electrons. The largest absolute Gasteiger partial charge is 0.461 e. The van der Waals surface area contributed by atoms with Gasteiger partial charge in [-0.2, -0.15) is 9.37 Å². The lowest BCUT2D eigenvalue weighted by Crippen LogP contribution is -2.43. The number of aryl methyl sites for hydroxylation is 3. The minimum absolute atomic E-state index is 0.0158. The monoisotopic (exact) mass is 622 g/mol. The molecule has 2 aliphatic heterocycles. The summed E-state index contributed by atoms with van der Waals surface area (Å²) in [5.74, 6) is 1.93. The number of benzene rings is 1. The topological polar surface area (TPSA) is 146 Å². The molecule has 2 aromatic rings. The number of hydrogen-bond acceptors (Lipinski definition) is 10. The van der Waals surface area contributed by atoms with Gasteiger partial charge in [-0.3, -0.25) is 14.6 Å². The van der Waals surface area contributed by atoms with E-state index in [2.05, 4.69) is 20.9 Å². The van der Waals surface area contributed by atoms with Crippen molar-refractivity contribution in [3.05, 3.63) is 40.6 Å². The van der Waals surface area contributed by atoms with E-state index < -0.39 is 40.7 Å². The molecular formula is C34H43FN4O6. The molecule has 2 aliphatic rings. The number of anilines is 1. The van der Waals surface area contributed by atoms with E-state index in [1.54, 1.807) is 33.1 Å². The second kappa shape index (κ2) is 12.9. The highest BCUT2D eigenvalue weighted by atomic mass is 19.1. The zero-order chi connectivity index (χ0) is 33.3. The molecule has 1 unspecified atom stereocenters. The van der Waals surface area contributed by atoms with Gasteiger partial charge in [0.25, 0.3) is 0 Å². The number of aliphatic imine (C=N–C) groups is 1. The Morgan fingerprint density at radius 3 is 2.60 bits per heavy atom. The first-order chi connectivity index (χ1) is 20.9. The van der Waals surface area contributed by atoms with Crippen LogP contribution in [-0.2, 0) is 30.9 Å². The fraction of sp³-hybridized carbons (Fsp3) is 0.559. The standard InChI is InChI=1S/C34H43FN4O6/c1-9-34(25(40)15-22(45-34)14-21-10-11-23-28(37-17-21)29(36)39-31(35)38-23)18-43-26(41)16-33(7,8)27-20(3)12-19(2)13-24(27)44-30(42)32(4,5)6/h1,12-13,17,21-22,25,40H,10-11,14-16,18H2,2-8H3,(H2,36,38,39)/t21?,22-,25-,34+/m0/s1. The van der Waals surface area contributed by atoms with Crippen LogP contribution in [0.3, 0.4) is 0 Å². The maximum Gasteiger partial charge on any atom is 0.316 e. The Morgan fingerprint density at radius 2 is 1.93 bits per heavy atom. The number of fused-ring (bicyclic) bond motifs is 1. The van der Waals surface area contributed by atoms with Gasteiger partial charge < -0.3 is 25.1 Å². The van der Waals surface area contributed by atoms with Crippen LogP contribution in [-0.4, -0.2) is 57.6 Å². The number of carbonyl (C=O) groups excluding carboxylic acids is 2. The minimum Gasteiger partial charge on any atom is -0.461 e. The maximum absolute atomic E-state index is 13.6.